The molecule has 0 aliphatic heterocycles. The number of nitrogens with zero attached hydrogens (tertiary/aromatic N) is 3. The Morgan fingerprint density at radius 3 is 2.80 bits per heavy atom. The highest BCUT2D eigenvalue weighted by atomic mass is 16.6. The van der Waals surface area contributed by atoms with E-state index in [0.717, 1.165) is 5.56 Å². The van der Waals surface area contributed by atoms with Crippen LogP contribution in [0.3, 0.4) is 0 Å². The van der Waals surface area contributed by atoms with E-state index < -0.39 is 4.92 Å². The van der Waals surface area contributed by atoms with Crippen LogP contribution < -0.4 is 0 Å². The minimum Gasteiger partial charge on any atom is -0.270 e. The zero-order valence-electron chi connectivity index (χ0n) is 7.97. The summed E-state index contributed by atoms with van der Waals surface area (Å²) in [5.41, 5.74) is 1.79. The van der Waals surface area contributed by atoms with Crippen molar-refractivity contribution in [1.29, 1.82) is 0 Å². The summed E-state index contributed by atoms with van der Waals surface area (Å²) in [6, 6.07) is 3.56. The Hall–Kier alpha value is -2.24. The molecular weight excluding hydrogens is 196 g/mol. The number of pyridine rings is 1. The second-order valence-corrected chi connectivity index (χ2v) is 3.11. The molecule has 2 aromatic heterocycles. The van der Waals surface area contributed by atoms with Crippen molar-refractivity contribution < 1.29 is 4.92 Å². The lowest BCUT2D eigenvalue weighted by Crippen LogP contribution is -1.91. The number of rotatable bonds is 2. The van der Waals surface area contributed by atoms with E-state index >= 15 is 0 Å². The highest BCUT2D eigenvalue weighted by molar-refractivity contribution is 5.65. The topological polar surface area (TPSA) is 84.7 Å². The quantitative estimate of drug-likeness (QED) is 0.595. The first-order valence-corrected chi connectivity index (χ1v) is 4.29. The fourth-order valence-electron chi connectivity index (χ4n) is 1.22. The van der Waals surface area contributed by atoms with Gasteiger partial charge in [0.1, 0.15) is 6.20 Å². The number of nitrogens with one attached hydrogen (secondary N) is 1. The number of aryl methyl sites for hydroxylation is 1. The van der Waals surface area contributed by atoms with Crippen LogP contribution in [-0.4, -0.2) is 20.1 Å². The molecule has 0 aliphatic carbocycles. The molecule has 0 spiro atoms. The molecule has 0 aliphatic rings. The maximum atomic E-state index is 10.6. The first kappa shape index (κ1) is 9.32. The Balaban J connectivity index is 2.49. The first-order valence-electron chi connectivity index (χ1n) is 4.29. The molecule has 0 unspecified atom stereocenters. The summed E-state index contributed by atoms with van der Waals surface area (Å²) in [5.74, 6) is 0. The van der Waals surface area contributed by atoms with Crippen molar-refractivity contribution in [2.24, 2.45) is 0 Å². The number of aromatic amines is 1. The molecule has 2 aromatic rings. The maximum absolute atomic E-state index is 10.6. The molecule has 0 bridgehead atoms. The number of nitro groups is 1. The second kappa shape index (κ2) is 3.49. The molecule has 2 heterocycles. The van der Waals surface area contributed by atoms with Crippen LogP contribution in [0, 0.1) is 17.0 Å². The molecule has 6 heteroatoms. The average molecular weight is 204 g/mol. The molecule has 0 aromatic carbocycles. The van der Waals surface area contributed by atoms with Gasteiger partial charge in [-0.05, 0) is 18.6 Å². The smallest absolute Gasteiger partial charge is 0.270 e. The summed E-state index contributed by atoms with van der Waals surface area (Å²) >= 11 is 0. The van der Waals surface area contributed by atoms with Crippen LogP contribution in [0.5, 0.6) is 0 Å². The van der Waals surface area contributed by atoms with E-state index in [1.54, 1.807) is 12.3 Å². The third kappa shape index (κ3) is 1.69. The van der Waals surface area contributed by atoms with Gasteiger partial charge < -0.3 is 0 Å². The summed E-state index contributed by atoms with van der Waals surface area (Å²) in [6.45, 7) is 1.90. The lowest BCUT2D eigenvalue weighted by molar-refractivity contribution is -0.384. The predicted octanol–water partition coefficient (Wildman–Crippen LogP) is 1.69. The van der Waals surface area contributed by atoms with Gasteiger partial charge in [-0.2, -0.15) is 5.10 Å². The van der Waals surface area contributed by atoms with Crippen LogP contribution in [0.4, 0.5) is 5.69 Å². The normalized spacial score (nSPS) is 10.2. The van der Waals surface area contributed by atoms with E-state index in [4.69, 9.17) is 0 Å². The highest BCUT2D eigenvalue weighted by Crippen LogP contribution is 2.24. The SMILES string of the molecule is Cc1ccc(-c2[nH]ncc2[N+](=O)[O-])nc1. The van der Waals surface area contributed by atoms with E-state index in [9.17, 15) is 10.1 Å². The standard InChI is InChI=1S/C9H8N4O2/c1-6-2-3-7(10-4-6)9-8(13(14)15)5-11-12-9/h2-5H,1H3,(H,11,12). The fourth-order valence-corrected chi connectivity index (χ4v) is 1.22. The summed E-state index contributed by atoms with van der Waals surface area (Å²) < 4.78 is 0. The highest BCUT2D eigenvalue weighted by Gasteiger charge is 2.18. The molecule has 0 atom stereocenters. The molecule has 76 valence electrons. The molecule has 6 nitrogen and oxygen atoms in total. The molecular formula is C9H8N4O2. The third-order valence-electron chi connectivity index (χ3n) is 1.98. The minimum absolute atomic E-state index is 0.0636. The summed E-state index contributed by atoms with van der Waals surface area (Å²) in [4.78, 5) is 14.2. The van der Waals surface area contributed by atoms with E-state index in [0.29, 0.717) is 11.4 Å². The van der Waals surface area contributed by atoms with Gasteiger partial charge in [-0.1, -0.05) is 6.07 Å². The Labute approximate surface area is 85.1 Å². The molecule has 0 saturated heterocycles. The fraction of sp³-hybridized carbons (Fsp3) is 0.111. The van der Waals surface area contributed by atoms with E-state index in [-0.39, 0.29) is 5.69 Å². The summed E-state index contributed by atoms with van der Waals surface area (Å²) in [5, 5.41) is 16.8. The monoisotopic (exact) mass is 204 g/mol. The first-order chi connectivity index (χ1) is 7.18. The minimum atomic E-state index is -0.486. The number of H-pyrrole nitrogens is 1. The van der Waals surface area contributed by atoms with Gasteiger partial charge in [-0.15, -0.1) is 0 Å². The Kier molecular flexibility index (Phi) is 2.17. The lowest BCUT2D eigenvalue weighted by atomic mass is 10.2. The average Bonchev–Trinajstić information content (AvgIpc) is 2.67. The molecule has 15 heavy (non-hydrogen) atoms. The predicted molar refractivity (Wildman–Crippen MR) is 53.2 cm³/mol. The van der Waals surface area contributed by atoms with Crippen molar-refractivity contribution in [2.45, 2.75) is 6.92 Å². The Morgan fingerprint density at radius 2 is 2.20 bits per heavy atom. The van der Waals surface area contributed by atoms with E-state index in [1.807, 2.05) is 13.0 Å². The number of hydrogen-bond donors (Lipinski definition) is 1. The van der Waals surface area contributed by atoms with Crippen LogP contribution in [-0.2, 0) is 0 Å². The third-order valence-corrected chi connectivity index (χ3v) is 1.98. The van der Waals surface area contributed by atoms with Crippen molar-refractivity contribution >= 4 is 5.69 Å². The van der Waals surface area contributed by atoms with Gasteiger partial charge in [-0.25, -0.2) is 0 Å². The van der Waals surface area contributed by atoms with E-state index in [1.165, 1.54) is 6.20 Å². The molecule has 2 rings (SSSR count). The molecule has 0 fully saturated rings. The van der Waals surface area contributed by atoms with Gasteiger partial charge in [0.05, 0.1) is 10.6 Å². The number of aromatic nitrogens is 3. The van der Waals surface area contributed by atoms with Crippen molar-refractivity contribution in [3.8, 4) is 11.4 Å². The van der Waals surface area contributed by atoms with Crippen LogP contribution in [0.15, 0.2) is 24.5 Å². The lowest BCUT2D eigenvalue weighted by Gasteiger charge is -1.96. The van der Waals surface area contributed by atoms with Gasteiger partial charge in [0.2, 0.25) is 0 Å². The summed E-state index contributed by atoms with van der Waals surface area (Å²) in [6.07, 6.45) is 2.83. The van der Waals surface area contributed by atoms with Gasteiger partial charge in [0.15, 0.2) is 5.69 Å². The maximum Gasteiger partial charge on any atom is 0.316 e. The zero-order valence-corrected chi connectivity index (χ0v) is 7.97. The van der Waals surface area contributed by atoms with Gasteiger partial charge >= 0.3 is 5.69 Å². The van der Waals surface area contributed by atoms with Crippen LogP contribution in [0.2, 0.25) is 0 Å². The molecule has 1 N–H and O–H groups in total. The molecule has 0 radical (unpaired) electrons. The van der Waals surface area contributed by atoms with Crippen molar-refractivity contribution in [1.82, 2.24) is 15.2 Å². The van der Waals surface area contributed by atoms with Gasteiger partial charge in [0.25, 0.3) is 0 Å². The summed E-state index contributed by atoms with van der Waals surface area (Å²) in [7, 11) is 0. The number of hydrogen-bond acceptors (Lipinski definition) is 4. The Morgan fingerprint density at radius 1 is 1.40 bits per heavy atom. The van der Waals surface area contributed by atoms with Crippen LogP contribution in [0.1, 0.15) is 5.56 Å². The van der Waals surface area contributed by atoms with Gasteiger partial charge in [-0.3, -0.25) is 20.2 Å². The molecule has 0 saturated carbocycles. The van der Waals surface area contributed by atoms with Crippen molar-refractivity contribution in [3.63, 3.8) is 0 Å². The zero-order chi connectivity index (χ0) is 10.8. The van der Waals surface area contributed by atoms with E-state index in [2.05, 4.69) is 15.2 Å². The van der Waals surface area contributed by atoms with Crippen molar-refractivity contribution in [2.75, 3.05) is 0 Å². The molecule has 0 amide bonds. The van der Waals surface area contributed by atoms with Crippen LogP contribution >= 0.6 is 0 Å². The Bertz CT molecular complexity index is 489. The largest absolute Gasteiger partial charge is 0.316 e. The second-order valence-electron chi connectivity index (χ2n) is 3.11. The van der Waals surface area contributed by atoms with Gasteiger partial charge in [0, 0.05) is 6.20 Å². The van der Waals surface area contributed by atoms with Crippen LogP contribution in [0.25, 0.3) is 11.4 Å². The van der Waals surface area contributed by atoms with Crippen molar-refractivity contribution in [3.05, 3.63) is 40.2 Å².